The van der Waals surface area contributed by atoms with Crippen molar-refractivity contribution < 1.29 is 0 Å². The van der Waals surface area contributed by atoms with Crippen molar-refractivity contribution in [1.29, 1.82) is 5.26 Å². The maximum atomic E-state index is 9.27. The van der Waals surface area contributed by atoms with Gasteiger partial charge in [0.15, 0.2) is 0 Å². The van der Waals surface area contributed by atoms with Gasteiger partial charge in [-0.3, -0.25) is 0 Å². The van der Waals surface area contributed by atoms with Crippen LogP contribution in [0, 0.1) is 23.2 Å². The fraction of sp³-hybridized carbons (Fsp3) is 0.529. The van der Waals surface area contributed by atoms with Crippen LogP contribution >= 0.6 is 11.6 Å². The summed E-state index contributed by atoms with van der Waals surface area (Å²) in [5, 5.41) is 9.27. The fourth-order valence-corrected chi connectivity index (χ4v) is 3.66. The third-order valence-electron chi connectivity index (χ3n) is 4.75. The van der Waals surface area contributed by atoms with Crippen LogP contribution in [0.15, 0.2) is 18.2 Å². The van der Waals surface area contributed by atoms with Crippen molar-refractivity contribution in [2.75, 3.05) is 5.88 Å². The van der Waals surface area contributed by atoms with E-state index < -0.39 is 0 Å². The number of imidazole rings is 1. The molecule has 1 aliphatic rings. The van der Waals surface area contributed by atoms with Crippen LogP contribution in [0.2, 0.25) is 0 Å². The zero-order valence-corrected chi connectivity index (χ0v) is 13.1. The van der Waals surface area contributed by atoms with E-state index in [0.717, 1.165) is 35.7 Å². The van der Waals surface area contributed by atoms with Crippen LogP contribution < -0.4 is 0 Å². The number of nitrogens with zero attached hydrogens (tertiary/aromatic N) is 3. The SMILES string of the molecule is CC1CCCC1Cn1c(CCCl)nc2c(C#N)cccc21. The quantitative estimate of drug-likeness (QED) is 0.797. The second-order valence-corrected chi connectivity index (χ2v) is 6.41. The van der Waals surface area contributed by atoms with Crippen LogP contribution in [-0.2, 0) is 13.0 Å². The van der Waals surface area contributed by atoms with Gasteiger partial charge in [-0.1, -0.05) is 25.8 Å². The molecule has 0 amide bonds. The molecule has 0 radical (unpaired) electrons. The highest BCUT2D eigenvalue weighted by Crippen LogP contribution is 2.34. The molecule has 1 heterocycles. The molecule has 0 spiro atoms. The zero-order chi connectivity index (χ0) is 14.8. The summed E-state index contributed by atoms with van der Waals surface area (Å²) in [5.74, 6) is 3.06. The second kappa shape index (κ2) is 6.07. The van der Waals surface area contributed by atoms with Crippen molar-refractivity contribution in [3.05, 3.63) is 29.6 Å². The van der Waals surface area contributed by atoms with E-state index in [0.29, 0.717) is 17.4 Å². The Morgan fingerprint density at radius 1 is 1.43 bits per heavy atom. The Hall–Kier alpha value is -1.53. The third kappa shape index (κ3) is 2.65. The smallest absolute Gasteiger partial charge is 0.111 e. The van der Waals surface area contributed by atoms with Gasteiger partial charge < -0.3 is 4.57 Å². The largest absolute Gasteiger partial charge is 0.328 e. The number of halogens is 1. The Morgan fingerprint density at radius 3 is 2.95 bits per heavy atom. The van der Waals surface area contributed by atoms with Gasteiger partial charge >= 0.3 is 0 Å². The van der Waals surface area contributed by atoms with Gasteiger partial charge in [0, 0.05) is 18.8 Å². The topological polar surface area (TPSA) is 41.6 Å². The molecule has 0 aliphatic heterocycles. The lowest BCUT2D eigenvalue weighted by Crippen LogP contribution is -2.15. The summed E-state index contributed by atoms with van der Waals surface area (Å²) in [6.45, 7) is 3.34. The normalized spacial score (nSPS) is 21.8. The Morgan fingerprint density at radius 2 is 2.29 bits per heavy atom. The molecule has 2 aromatic rings. The first-order valence-electron chi connectivity index (χ1n) is 7.68. The molecule has 1 aromatic heterocycles. The number of aromatic nitrogens is 2. The van der Waals surface area contributed by atoms with E-state index in [1.165, 1.54) is 19.3 Å². The molecule has 1 aromatic carbocycles. The predicted molar refractivity (Wildman–Crippen MR) is 85.4 cm³/mol. The van der Waals surface area contributed by atoms with Gasteiger partial charge in [0.05, 0.1) is 11.1 Å². The summed E-state index contributed by atoms with van der Waals surface area (Å²) >= 11 is 5.94. The Kier molecular flexibility index (Phi) is 4.17. The van der Waals surface area contributed by atoms with Crippen LogP contribution in [-0.4, -0.2) is 15.4 Å². The number of para-hydroxylation sites is 1. The molecule has 0 N–H and O–H groups in total. The van der Waals surface area contributed by atoms with E-state index in [2.05, 4.69) is 23.6 Å². The molecule has 3 nitrogen and oxygen atoms in total. The summed E-state index contributed by atoms with van der Waals surface area (Å²) in [6.07, 6.45) is 4.69. The van der Waals surface area contributed by atoms with Gasteiger partial charge in [-0.05, 0) is 30.4 Å². The maximum absolute atomic E-state index is 9.27. The Bertz CT molecular complexity index is 683. The summed E-state index contributed by atoms with van der Waals surface area (Å²) < 4.78 is 2.30. The lowest BCUT2D eigenvalue weighted by molar-refractivity contribution is 0.363. The van der Waals surface area contributed by atoms with Crippen molar-refractivity contribution >= 4 is 22.6 Å². The summed E-state index contributed by atoms with van der Waals surface area (Å²) in [4.78, 5) is 4.70. The van der Waals surface area contributed by atoms with Crippen molar-refractivity contribution in [2.24, 2.45) is 11.8 Å². The number of nitriles is 1. The monoisotopic (exact) mass is 301 g/mol. The molecule has 0 saturated heterocycles. The molecule has 2 unspecified atom stereocenters. The number of fused-ring (bicyclic) bond motifs is 1. The number of alkyl halides is 1. The van der Waals surface area contributed by atoms with Gasteiger partial charge in [-0.25, -0.2) is 4.98 Å². The first kappa shape index (κ1) is 14.4. The predicted octanol–water partition coefficient (Wildman–Crippen LogP) is 4.13. The average molecular weight is 302 g/mol. The van der Waals surface area contributed by atoms with E-state index in [-0.39, 0.29) is 0 Å². The molecule has 1 aliphatic carbocycles. The number of benzene rings is 1. The molecule has 1 fully saturated rings. The highest BCUT2D eigenvalue weighted by atomic mass is 35.5. The molecular formula is C17H20ClN3. The average Bonchev–Trinajstić information content (AvgIpc) is 3.05. The third-order valence-corrected chi connectivity index (χ3v) is 4.94. The van der Waals surface area contributed by atoms with E-state index >= 15 is 0 Å². The maximum Gasteiger partial charge on any atom is 0.111 e. The van der Waals surface area contributed by atoms with Gasteiger partial charge in [-0.2, -0.15) is 5.26 Å². The van der Waals surface area contributed by atoms with Gasteiger partial charge in [0.25, 0.3) is 0 Å². The first-order chi connectivity index (χ1) is 10.2. The molecule has 4 heteroatoms. The van der Waals surface area contributed by atoms with Gasteiger partial charge in [0.2, 0.25) is 0 Å². The number of hydrogen-bond acceptors (Lipinski definition) is 2. The first-order valence-corrected chi connectivity index (χ1v) is 8.22. The highest BCUT2D eigenvalue weighted by molar-refractivity contribution is 6.17. The van der Waals surface area contributed by atoms with Crippen molar-refractivity contribution in [1.82, 2.24) is 9.55 Å². The van der Waals surface area contributed by atoms with E-state index in [1.54, 1.807) is 0 Å². The molecule has 110 valence electrons. The molecule has 2 atom stereocenters. The minimum absolute atomic E-state index is 0.561. The Labute approximate surface area is 130 Å². The summed E-state index contributed by atoms with van der Waals surface area (Å²) in [6, 6.07) is 8.10. The van der Waals surface area contributed by atoms with Crippen molar-refractivity contribution in [2.45, 2.75) is 39.2 Å². The lowest BCUT2D eigenvalue weighted by atomic mass is 9.98. The van der Waals surface area contributed by atoms with Crippen LogP contribution in [0.3, 0.4) is 0 Å². The van der Waals surface area contributed by atoms with E-state index in [1.807, 2.05) is 12.1 Å². The van der Waals surface area contributed by atoms with E-state index in [9.17, 15) is 5.26 Å². The molecule has 1 saturated carbocycles. The molecule has 3 rings (SSSR count). The van der Waals surface area contributed by atoms with E-state index in [4.69, 9.17) is 16.6 Å². The fourth-order valence-electron chi connectivity index (χ4n) is 3.49. The number of aryl methyl sites for hydroxylation is 1. The second-order valence-electron chi connectivity index (χ2n) is 6.03. The minimum atomic E-state index is 0.561. The number of rotatable bonds is 4. The zero-order valence-electron chi connectivity index (χ0n) is 12.3. The molecular weight excluding hydrogens is 282 g/mol. The number of hydrogen-bond donors (Lipinski definition) is 0. The van der Waals surface area contributed by atoms with Gasteiger partial charge in [-0.15, -0.1) is 11.6 Å². The minimum Gasteiger partial charge on any atom is -0.328 e. The molecule has 0 bridgehead atoms. The lowest BCUT2D eigenvalue weighted by Gasteiger charge is -2.18. The van der Waals surface area contributed by atoms with Crippen molar-refractivity contribution in [3.63, 3.8) is 0 Å². The summed E-state index contributed by atoms with van der Waals surface area (Å²) in [7, 11) is 0. The van der Waals surface area contributed by atoms with Gasteiger partial charge in [0.1, 0.15) is 17.4 Å². The van der Waals surface area contributed by atoms with Crippen LogP contribution in [0.25, 0.3) is 11.0 Å². The molecule has 21 heavy (non-hydrogen) atoms. The Balaban J connectivity index is 2.06. The highest BCUT2D eigenvalue weighted by Gasteiger charge is 2.25. The summed E-state index contributed by atoms with van der Waals surface area (Å²) in [5.41, 5.74) is 2.56. The van der Waals surface area contributed by atoms with Crippen LogP contribution in [0.4, 0.5) is 0 Å². The van der Waals surface area contributed by atoms with Crippen LogP contribution in [0.5, 0.6) is 0 Å². The standard InChI is InChI=1S/C17H20ClN3/c1-12-4-2-6-14(12)11-21-15-7-3-5-13(10-19)17(15)20-16(21)8-9-18/h3,5,7,12,14H,2,4,6,8-9,11H2,1H3. The van der Waals surface area contributed by atoms with Crippen molar-refractivity contribution in [3.8, 4) is 6.07 Å². The van der Waals surface area contributed by atoms with Crippen LogP contribution in [0.1, 0.15) is 37.6 Å².